The number of hydrogen-bond acceptors (Lipinski definition) is 5. The van der Waals surface area contributed by atoms with Crippen molar-refractivity contribution in [3.05, 3.63) is 12.3 Å². The zero-order chi connectivity index (χ0) is 9.03. The monoisotopic (exact) mass is 216 g/mol. The number of rotatable bonds is 4. The van der Waals surface area contributed by atoms with Crippen molar-refractivity contribution >= 4 is 39.7 Å². The molecule has 1 aromatic heterocycles. The first-order valence-corrected chi connectivity index (χ1v) is 4.62. The number of ether oxygens (including phenoxy) is 1. The minimum absolute atomic E-state index is 0. The van der Waals surface area contributed by atoms with Crippen molar-refractivity contribution < 1.29 is 17.3 Å². The van der Waals surface area contributed by atoms with Gasteiger partial charge in [-0.05, 0) is 0 Å². The average Bonchev–Trinajstić information content (AvgIpc) is 2.38. The molecule has 1 rings (SSSR count). The maximum atomic E-state index is 10.9. The van der Waals surface area contributed by atoms with Crippen molar-refractivity contribution in [3.63, 3.8) is 0 Å². The summed E-state index contributed by atoms with van der Waals surface area (Å²) in [5, 5.41) is 5.92. The fraction of sp³-hybridized carbons (Fsp3) is 0.400. The van der Waals surface area contributed by atoms with Gasteiger partial charge in [0, 0.05) is 19.4 Å². The average molecular weight is 216 g/mol. The molecule has 0 atom stereocenters. The molecule has 6 nitrogen and oxygen atoms in total. The summed E-state index contributed by atoms with van der Waals surface area (Å²) in [7, 11) is -2.39. The molecule has 1 heterocycles. The van der Waals surface area contributed by atoms with Crippen LogP contribution in [0.15, 0.2) is 12.3 Å². The molecule has 0 amide bonds. The van der Waals surface area contributed by atoms with Crippen LogP contribution < -0.4 is 4.18 Å². The number of nitrogens with one attached hydrogen (secondary N) is 1. The van der Waals surface area contributed by atoms with Gasteiger partial charge in [-0.2, -0.15) is 8.42 Å². The molecule has 0 bridgehead atoms. The molecule has 13 heavy (non-hydrogen) atoms. The normalized spacial score (nSPS) is 10.5. The second-order valence-electron chi connectivity index (χ2n) is 1.96. The molecule has 0 aliphatic heterocycles. The van der Waals surface area contributed by atoms with E-state index < -0.39 is 16.1 Å². The van der Waals surface area contributed by atoms with Crippen LogP contribution in [0, 0.1) is 0 Å². The molecule has 0 saturated carbocycles. The van der Waals surface area contributed by atoms with Crippen LogP contribution in [0.4, 0.5) is 0 Å². The molecule has 0 aliphatic carbocycles. The Bertz CT molecular complexity index is 322. The summed E-state index contributed by atoms with van der Waals surface area (Å²) >= 11 is 0. The Kier molecular flexibility index (Phi) is 5.57. The molecule has 0 radical (unpaired) electrons. The SMILES string of the molecule is COCS(=O)(=O)Oc1cc[nH]n1.[NaH]. The van der Waals surface area contributed by atoms with Crippen LogP contribution in [0.3, 0.4) is 0 Å². The van der Waals surface area contributed by atoms with Gasteiger partial charge in [-0.15, -0.1) is 5.10 Å². The first-order chi connectivity index (χ1) is 5.64. The fourth-order valence-electron chi connectivity index (χ4n) is 0.592. The topological polar surface area (TPSA) is 81.3 Å². The second-order valence-corrected chi connectivity index (χ2v) is 3.48. The Morgan fingerprint density at radius 1 is 1.62 bits per heavy atom. The van der Waals surface area contributed by atoms with Gasteiger partial charge in [0.2, 0.25) is 0 Å². The third kappa shape index (κ3) is 4.63. The summed E-state index contributed by atoms with van der Waals surface area (Å²) in [5.74, 6) is -0.480. The molecule has 70 valence electrons. The summed E-state index contributed by atoms with van der Waals surface area (Å²) < 4.78 is 30.7. The Morgan fingerprint density at radius 2 is 2.31 bits per heavy atom. The van der Waals surface area contributed by atoms with Crippen molar-refractivity contribution in [1.29, 1.82) is 0 Å². The van der Waals surface area contributed by atoms with Crippen LogP contribution in [0.5, 0.6) is 5.88 Å². The predicted octanol–water partition coefficient (Wildman–Crippen LogP) is -0.926. The van der Waals surface area contributed by atoms with Gasteiger partial charge < -0.3 is 8.92 Å². The summed E-state index contributed by atoms with van der Waals surface area (Å²) in [5.41, 5.74) is 0. The van der Waals surface area contributed by atoms with Gasteiger partial charge in [0.15, 0.2) is 5.94 Å². The number of nitrogens with zero attached hydrogens (tertiary/aromatic N) is 1. The first kappa shape index (κ1) is 12.9. The van der Waals surface area contributed by atoms with Gasteiger partial charge in [-0.1, -0.05) is 0 Å². The molecule has 1 N–H and O–H groups in total. The molecule has 8 heteroatoms. The Hall–Kier alpha value is -0.0800. The predicted molar refractivity (Wildman–Crippen MR) is 47.2 cm³/mol. The van der Waals surface area contributed by atoms with Gasteiger partial charge in [0.05, 0.1) is 0 Å². The van der Waals surface area contributed by atoms with Crippen LogP contribution in [-0.4, -0.2) is 61.2 Å². The van der Waals surface area contributed by atoms with Gasteiger partial charge in [0.25, 0.3) is 5.88 Å². The standard InChI is InChI=1S/C5H8N2O4S.Na.H/c1-10-4-12(8,9)11-5-2-3-6-7-5;;/h2-3H,4H2,1H3,(H,6,7);;. The van der Waals surface area contributed by atoms with E-state index in [1.165, 1.54) is 19.4 Å². The van der Waals surface area contributed by atoms with Crippen LogP contribution >= 0.6 is 0 Å². The van der Waals surface area contributed by atoms with E-state index in [2.05, 4.69) is 19.1 Å². The van der Waals surface area contributed by atoms with Crippen molar-refractivity contribution in [2.24, 2.45) is 0 Å². The van der Waals surface area contributed by atoms with E-state index in [1.807, 2.05) is 0 Å². The first-order valence-electron chi connectivity index (χ1n) is 3.05. The van der Waals surface area contributed by atoms with Crippen molar-refractivity contribution in [2.45, 2.75) is 0 Å². The van der Waals surface area contributed by atoms with E-state index in [0.717, 1.165) is 0 Å². The Balaban J connectivity index is 0.00000144. The Morgan fingerprint density at radius 3 is 2.77 bits per heavy atom. The molecule has 0 aromatic carbocycles. The third-order valence-electron chi connectivity index (χ3n) is 0.950. The van der Waals surface area contributed by atoms with Crippen LogP contribution in [0.2, 0.25) is 0 Å². The van der Waals surface area contributed by atoms with Gasteiger partial charge >= 0.3 is 39.7 Å². The van der Waals surface area contributed by atoms with Crippen molar-refractivity contribution in [1.82, 2.24) is 10.2 Å². The van der Waals surface area contributed by atoms with Gasteiger partial charge in [-0.3, -0.25) is 5.10 Å². The number of aromatic amines is 1. The number of aromatic nitrogens is 2. The quantitative estimate of drug-likeness (QED) is 0.519. The van der Waals surface area contributed by atoms with Gasteiger partial charge in [-0.25, -0.2) is 0 Å². The zero-order valence-electron chi connectivity index (χ0n) is 6.35. The van der Waals surface area contributed by atoms with Crippen molar-refractivity contribution in [2.75, 3.05) is 13.0 Å². The van der Waals surface area contributed by atoms with E-state index in [-0.39, 0.29) is 35.4 Å². The zero-order valence-corrected chi connectivity index (χ0v) is 7.17. The third-order valence-corrected chi connectivity index (χ3v) is 1.90. The molecule has 0 unspecified atom stereocenters. The van der Waals surface area contributed by atoms with Crippen LogP contribution in [0.25, 0.3) is 0 Å². The van der Waals surface area contributed by atoms with Crippen molar-refractivity contribution in [3.8, 4) is 5.88 Å². The summed E-state index contributed by atoms with van der Waals surface area (Å²) in [4.78, 5) is 0. The molecule has 0 aliphatic rings. The maximum absolute atomic E-state index is 10.9. The number of H-pyrrole nitrogens is 1. The molecule has 1 aromatic rings. The van der Waals surface area contributed by atoms with E-state index in [0.29, 0.717) is 0 Å². The Labute approximate surface area is 98.0 Å². The summed E-state index contributed by atoms with van der Waals surface area (Å²) in [6.45, 7) is 0. The number of methoxy groups -OCH3 is 1. The van der Waals surface area contributed by atoms with E-state index in [9.17, 15) is 8.42 Å². The molecule has 0 fully saturated rings. The van der Waals surface area contributed by atoms with E-state index in [4.69, 9.17) is 0 Å². The fourth-order valence-corrected chi connectivity index (χ4v) is 1.28. The molecule has 0 saturated heterocycles. The minimum atomic E-state index is -3.66. The molecular weight excluding hydrogens is 207 g/mol. The molecule has 0 spiro atoms. The molecular formula is C5H9N2NaO4S. The summed E-state index contributed by atoms with van der Waals surface area (Å²) in [6.07, 6.45) is 1.46. The second kappa shape index (κ2) is 5.61. The summed E-state index contributed by atoms with van der Waals surface area (Å²) in [6, 6.07) is 1.40. The van der Waals surface area contributed by atoms with E-state index in [1.54, 1.807) is 0 Å². The van der Waals surface area contributed by atoms with E-state index >= 15 is 0 Å². The van der Waals surface area contributed by atoms with Gasteiger partial charge in [0.1, 0.15) is 0 Å². The van der Waals surface area contributed by atoms with Crippen LogP contribution in [0.1, 0.15) is 0 Å². The van der Waals surface area contributed by atoms with Crippen LogP contribution in [-0.2, 0) is 14.9 Å². The number of hydrogen-bond donors (Lipinski definition) is 1.